The first-order valence-electron chi connectivity index (χ1n) is 8.91. The minimum absolute atomic E-state index is 0.0586. The number of rotatable bonds is 11. The van der Waals surface area contributed by atoms with E-state index < -0.39 is 0 Å². The van der Waals surface area contributed by atoms with Gasteiger partial charge in [-0.2, -0.15) is 4.98 Å². The number of nitrogens with zero attached hydrogens (tertiary/aromatic N) is 2. The largest absolute Gasteiger partial charge is 0.339 e. The predicted molar refractivity (Wildman–Crippen MR) is 88.6 cm³/mol. The van der Waals surface area contributed by atoms with Crippen molar-refractivity contribution in [3.8, 4) is 0 Å². The monoisotopic (exact) mass is 294 g/mol. The van der Waals surface area contributed by atoms with Crippen LogP contribution in [0.2, 0.25) is 0 Å². The molecule has 0 amide bonds. The van der Waals surface area contributed by atoms with Gasteiger partial charge in [0.05, 0.1) is 0 Å². The van der Waals surface area contributed by atoms with Crippen LogP contribution in [0.25, 0.3) is 0 Å². The second-order valence-electron chi connectivity index (χ2n) is 6.74. The summed E-state index contributed by atoms with van der Waals surface area (Å²) in [6, 6.07) is 0. The lowest BCUT2D eigenvalue weighted by atomic mass is 9.79. The van der Waals surface area contributed by atoms with Crippen LogP contribution >= 0.6 is 0 Å². The van der Waals surface area contributed by atoms with E-state index in [0.717, 1.165) is 31.0 Å². The van der Waals surface area contributed by atoms with Crippen molar-refractivity contribution in [1.82, 2.24) is 10.1 Å². The lowest BCUT2D eigenvalue weighted by Gasteiger charge is -2.25. The van der Waals surface area contributed by atoms with Crippen LogP contribution in [0.5, 0.6) is 0 Å². The van der Waals surface area contributed by atoms with Gasteiger partial charge in [0.1, 0.15) is 0 Å². The van der Waals surface area contributed by atoms with Gasteiger partial charge in [-0.1, -0.05) is 78.3 Å². The van der Waals surface area contributed by atoms with Gasteiger partial charge in [0.15, 0.2) is 5.82 Å². The quantitative estimate of drug-likeness (QED) is 0.470. The van der Waals surface area contributed by atoms with Gasteiger partial charge < -0.3 is 4.52 Å². The Bertz CT molecular complexity index is 376. The molecule has 0 aliphatic heterocycles. The fourth-order valence-electron chi connectivity index (χ4n) is 2.73. The average Bonchev–Trinajstić information content (AvgIpc) is 2.97. The van der Waals surface area contributed by atoms with Gasteiger partial charge in [-0.15, -0.1) is 0 Å². The minimum Gasteiger partial charge on any atom is -0.339 e. The molecule has 1 heterocycles. The smallest absolute Gasteiger partial charge is 0.232 e. The second-order valence-corrected chi connectivity index (χ2v) is 6.74. The topological polar surface area (TPSA) is 38.9 Å². The van der Waals surface area contributed by atoms with Crippen LogP contribution in [0.4, 0.5) is 0 Å². The molecule has 1 aromatic rings. The summed E-state index contributed by atoms with van der Waals surface area (Å²) >= 11 is 0. The first kappa shape index (κ1) is 18.2. The van der Waals surface area contributed by atoms with Crippen molar-refractivity contribution >= 4 is 0 Å². The van der Waals surface area contributed by atoms with Gasteiger partial charge >= 0.3 is 0 Å². The van der Waals surface area contributed by atoms with E-state index in [4.69, 9.17) is 9.51 Å². The average molecular weight is 294 g/mol. The molecule has 3 nitrogen and oxygen atoms in total. The molecule has 0 bridgehead atoms. The molecule has 122 valence electrons. The fraction of sp³-hybridized carbons (Fsp3) is 0.889. The van der Waals surface area contributed by atoms with E-state index in [2.05, 4.69) is 39.8 Å². The Balaban J connectivity index is 2.80. The zero-order valence-electron chi connectivity index (χ0n) is 14.7. The van der Waals surface area contributed by atoms with Gasteiger partial charge in [-0.3, -0.25) is 0 Å². The highest BCUT2D eigenvalue weighted by molar-refractivity contribution is 5.05. The molecule has 3 heteroatoms. The lowest BCUT2D eigenvalue weighted by molar-refractivity contribution is 0.254. The van der Waals surface area contributed by atoms with Crippen LogP contribution in [0.1, 0.15) is 110 Å². The Morgan fingerprint density at radius 2 is 1.57 bits per heavy atom. The molecule has 0 fully saturated rings. The van der Waals surface area contributed by atoms with Crippen molar-refractivity contribution in [2.45, 2.75) is 104 Å². The predicted octanol–water partition coefficient (Wildman–Crippen LogP) is 6.00. The van der Waals surface area contributed by atoms with E-state index in [0.29, 0.717) is 5.92 Å². The Kier molecular flexibility index (Phi) is 7.98. The third-order valence-electron chi connectivity index (χ3n) is 4.68. The van der Waals surface area contributed by atoms with Crippen molar-refractivity contribution in [3.63, 3.8) is 0 Å². The van der Waals surface area contributed by atoms with E-state index >= 15 is 0 Å². The summed E-state index contributed by atoms with van der Waals surface area (Å²) in [6.07, 6.45) is 11.0. The molecule has 0 spiro atoms. The molecule has 0 saturated carbocycles. The number of unbranched alkanes of at least 4 members (excludes halogenated alkanes) is 4. The summed E-state index contributed by atoms with van der Waals surface area (Å²) in [6.45, 7) is 11.2. The van der Waals surface area contributed by atoms with Gasteiger partial charge in [0.25, 0.3) is 0 Å². The van der Waals surface area contributed by atoms with Crippen molar-refractivity contribution in [3.05, 3.63) is 11.7 Å². The van der Waals surface area contributed by atoms with Crippen LogP contribution in [0, 0.1) is 0 Å². The highest BCUT2D eigenvalue weighted by Crippen LogP contribution is 2.35. The van der Waals surface area contributed by atoms with E-state index in [9.17, 15) is 0 Å². The van der Waals surface area contributed by atoms with Crippen molar-refractivity contribution in [2.75, 3.05) is 0 Å². The third kappa shape index (κ3) is 5.44. The van der Waals surface area contributed by atoms with Crippen molar-refractivity contribution in [1.29, 1.82) is 0 Å². The van der Waals surface area contributed by atoms with Crippen LogP contribution in [-0.4, -0.2) is 10.1 Å². The Morgan fingerprint density at radius 1 is 1.00 bits per heavy atom. The summed E-state index contributed by atoms with van der Waals surface area (Å²) in [5, 5.41) is 4.22. The third-order valence-corrected chi connectivity index (χ3v) is 4.68. The number of hydrogen-bond acceptors (Lipinski definition) is 3. The molecule has 1 atom stereocenters. The maximum absolute atomic E-state index is 5.65. The first-order valence-corrected chi connectivity index (χ1v) is 8.91. The highest BCUT2D eigenvalue weighted by atomic mass is 16.5. The van der Waals surface area contributed by atoms with E-state index in [-0.39, 0.29) is 5.41 Å². The zero-order valence-corrected chi connectivity index (χ0v) is 14.7. The molecular formula is C18H34N2O. The number of aromatic nitrogens is 2. The molecule has 0 N–H and O–H groups in total. The molecular weight excluding hydrogens is 260 g/mol. The standard InChI is InChI=1S/C18H34N2O/c1-6-9-11-13-18(5,14-12-10-7-2)17-19-16(20-21-17)15(4)8-3/h15H,6-14H2,1-5H3. The molecule has 0 aliphatic carbocycles. The summed E-state index contributed by atoms with van der Waals surface area (Å²) in [5.74, 6) is 2.13. The van der Waals surface area contributed by atoms with E-state index in [1.807, 2.05) is 0 Å². The van der Waals surface area contributed by atoms with Crippen LogP contribution in [-0.2, 0) is 5.41 Å². The molecule has 21 heavy (non-hydrogen) atoms. The van der Waals surface area contributed by atoms with E-state index in [1.54, 1.807) is 0 Å². The van der Waals surface area contributed by atoms with Crippen LogP contribution in [0.3, 0.4) is 0 Å². The normalized spacial score (nSPS) is 13.6. The number of hydrogen-bond donors (Lipinski definition) is 0. The zero-order chi connectivity index (χ0) is 15.7. The lowest BCUT2D eigenvalue weighted by Crippen LogP contribution is -2.23. The summed E-state index contributed by atoms with van der Waals surface area (Å²) in [5.41, 5.74) is 0.0586. The van der Waals surface area contributed by atoms with Gasteiger partial charge in [-0.05, 0) is 19.3 Å². The summed E-state index contributed by atoms with van der Waals surface area (Å²) < 4.78 is 5.65. The van der Waals surface area contributed by atoms with Crippen LogP contribution in [0.15, 0.2) is 4.52 Å². The SMILES string of the molecule is CCCCCC(C)(CCCCC)c1nc(C(C)CC)no1. The first-order chi connectivity index (χ1) is 10.1. The molecule has 0 aromatic carbocycles. The highest BCUT2D eigenvalue weighted by Gasteiger charge is 2.32. The molecule has 1 aromatic heterocycles. The molecule has 0 saturated heterocycles. The molecule has 1 unspecified atom stereocenters. The maximum Gasteiger partial charge on any atom is 0.232 e. The minimum atomic E-state index is 0.0586. The van der Waals surface area contributed by atoms with Crippen LogP contribution < -0.4 is 0 Å². The van der Waals surface area contributed by atoms with Crippen molar-refractivity contribution < 1.29 is 4.52 Å². The Hall–Kier alpha value is -0.860. The summed E-state index contributed by atoms with van der Waals surface area (Å²) in [4.78, 5) is 4.73. The Labute approximate surface area is 130 Å². The van der Waals surface area contributed by atoms with Gasteiger partial charge in [0, 0.05) is 11.3 Å². The Morgan fingerprint density at radius 3 is 2.05 bits per heavy atom. The maximum atomic E-state index is 5.65. The van der Waals surface area contributed by atoms with Gasteiger partial charge in [-0.25, -0.2) is 0 Å². The molecule has 0 aliphatic rings. The molecule has 1 rings (SSSR count). The molecule has 0 radical (unpaired) electrons. The van der Waals surface area contributed by atoms with E-state index in [1.165, 1.54) is 38.5 Å². The second kappa shape index (κ2) is 9.22. The summed E-state index contributed by atoms with van der Waals surface area (Å²) in [7, 11) is 0. The fourth-order valence-corrected chi connectivity index (χ4v) is 2.73. The van der Waals surface area contributed by atoms with Crippen molar-refractivity contribution in [2.24, 2.45) is 0 Å². The van der Waals surface area contributed by atoms with Gasteiger partial charge in [0.2, 0.25) is 5.89 Å².